The third-order valence-corrected chi connectivity index (χ3v) is 5.21. The number of nitriles is 1. The van der Waals surface area contributed by atoms with Crippen LogP contribution in [0.15, 0.2) is 66.2 Å². The Labute approximate surface area is 207 Å². The van der Waals surface area contributed by atoms with Crippen molar-refractivity contribution < 1.29 is 14.3 Å². The largest absolute Gasteiger partial charge is 0.488 e. The van der Waals surface area contributed by atoms with Gasteiger partial charge in [-0.3, -0.25) is 4.79 Å². The minimum absolute atomic E-state index is 0.132. The number of hydrogen-bond acceptors (Lipinski definition) is 4. The molecule has 0 aliphatic rings. The van der Waals surface area contributed by atoms with Crippen molar-refractivity contribution in [3.63, 3.8) is 0 Å². The smallest absolute Gasteiger partial charge is 0.266 e. The van der Waals surface area contributed by atoms with Gasteiger partial charge in [0.25, 0.3) is 5.91 Å². The summed E-state index contributed by atoms with van der Waals surface area (Å²) >= 11 is 18.5. The molecular weight excluding hydrogens is 483 g/mol. The van der Waals surface area contributed by atoms with Crippen LogP contribution in [0.25, 0.3) is 6.08 Å². The lowest BCUT2D eigenvalue weighted by atomic mass is 10.1. The molecular formula is C25H19Cl3N2O3. The van der Waals surface area contributed by atoms with Crippen molar-refractivity contribution >= 4 is 52.5 Å². The monoisotopic (exact) mass is 500 g/mol. The number of nitrogens with zero attached hydrogens (tertiary/aromatic N) is 1. The molecule has 0 saturated heterocycles. The fraction of sp³-hybridized carbons (Fsp3) is 0.120. The standard InChI is InChI=1S/C25H19Cl3N2O3/c1-16-5-4-6-20(11-16)30-25(31)18(15-29)12-17-13-19(26)14-22(28)24(17)33-10-9-32-23-8-3-2-7-21(23)27/h2-8,11-14H,9-10H2,1H3,(H,30,31). The van der Waals surface area contributed by atoms with Gasteiger partial charge in [-0.05, 0) is 55.0 Å². The lowest BCUT2D eigenvalue weighted by Gasteiger charge is -2.13. The number of hydrogen-bond donors (Lipinski definition) is 1. The molecule has 0 heterocycles. The quantitative estimate of drug-likeness (QED) is 0.206. The molecule has 33 heavy (non-hydrogen) atoms. The number of rotatable bonds is 8. The minimum atomic E-state index is -0.563. The summed E-state index contributed by atoms with van der Waals surface area (Å²) in [5.74, 6) is 0.247. The number of benzene rings is 3. The van der Waals surface area contributed by atoms with Crippen molar-refractivity contribution in [1.29, 1.82) is 5.26 Å². The number of carbonyl (C=O) groups is 1. The first-order chi connectivity index (χ1) is 15.9. The van der Waals surface area contributed by atoms with Crippen LogP contribution in [-0.4, -0.2) is 19.1 Å². The second-order valence-corrected chi connectivity index (χ2v) is 8.18. The van der Waals surface area contributed by atoms with Crippen LogP contribution >= 0.6 is 34.8 Å². The van der Waals surface area contributed by atoms with Crippen LogP contribution in [0.4, 0.5) is 5.69 Å². The summed E-state index contributed by atoms with van der Waals surface area (Å²) < 4.78 is 11.4. The van der Waals surface area contributed by atoms with E-state index in [1.54, 1.807) is 36.4 Å². The van der Waals surface area contributed by atoms with Gasteiger partial charge in [0.1, 0.15) is 36.4 Å². The third-order valence-electron chi connectivity index (χ3n) is 4.40. The first-order valence-electron chi connectivity index (χ1n) is 9.86. The second-order valence-electron chi connectivity index (χ2n) is 6.93. The maximum Gasteiger partial charge on any atom is 0.266 e. The second kappa shape index (κ2) is 11.6. The van der Waals surface area contributed by atoms with E-state index in [0.717, 1.165) is 5.56 Å². The van der Waals surface area contributed by atoms with E-state index in [2.05, 4.69) is 5.32 Å². The third kappa shape index (κ3) is 6.90. The maximum atomic E-state index is 12.6. The lowest BCUT2D eigenvalue weighted by molar-refractivity contribution is -0.112. The van der Waals surface area contributed by atoms with E-state index in [4.69, 9.17) is 44.3 Å². The molecule has 0 aromatic heterocycles. The Hall–Kier alpha value is -3.17. The van der Waals surface area contributed by atoms with Crippen LogP contribution in [0.5, 0.6) is 11.5 Å². The molecule has 3 aromatic carbocycles. The highest BCUT2D eigenvalue weighted by Crippen LogP contribution is 2.34. The molecule has 3 aromatic rings. The summed E-state index contributed by atoms with van der Waals surface area (Å²) in [5, 5.41) is 13.3. The average Bonchev–Trinajstić information content (AvgIpc) is 2.77. The molecule has 0 saturated carbocycles. The summed E-state index contributed by atoms with van der Waals surface area (Å²) in [6, 6.07) is 19.3. The van der Waals surface area contributed by atoms with Crippen LogP contribution in [0.3, 0.4) is 0 Å². The van der Waals surface area contributed by atoms with E-state index in [-0.39, 0.29) is 29.6 Å². The maximum absolute atomic E-state index is 12.6. The van der Waals surface area contributed by atoms with Crippen molar-refractivity contribution in [2.24, 2.45) is 0 Å². The van der Waals surface area contributed by atoms with Gasteiger partial charge in [-0.2, -0.15) is 5.26 Å². The molecule has 8 heteroatoms. The van der Waals surface area contributed by atoms with Gasteiger partial charge in [-0.25, -0.2) is 0 Å². The first-order valence-corrected chi connectivity index (χ1v) is 11.0. The van der Waals surface area contributed by atoms with E-state index < -0.39 is 5.91 Å². The number of ether oxygens (including phenoxy) is 2. The number of nitrogens with one attached hydrogen (secondary N) is 1. The number of anilines is 1. The van der Waals surface area contributed by atoms with Crippen molar-refractivity contribution in [2.45, 2.75) is 6.92 Å². The molecule has 3 rings (SSSR count). The molecule has 0 aliphatic heterocycles. The summed E-state index contributed by atoms with van der Waals surface area (Å²) in [6.45, 7) is 2.25. The van der Waals surface area contributed by atoms with Crippen molar-refractivity contribution in [1.82, 2.24) is 0 Å². The van der Waals surface area contributed by atoms with Gasteiger partial charge < -0.3 is 14.8 Å². The molecule has 1 N–H and O–H groups in total. The van der Waals surface area contributed by atoms with Gasteiger partial charge in [0.2, 0.25) is 0 Å². The summed E-state index contributed by atoms with van der Waals surface area (Å²) in [5.41, 5.74) is 1.82. The molecule has 0 radical (unpaired) electrons. The zero-order chi connectivity index (χ0) is 23.8. The first kappa shape index (κ1) is 24.5. The molecule has 1 amide bonds. The van der Waals surface area contributed by atoms with E-state index >= 15 is 0 Å². The summed E-state index contributed by atoms with van der Waals surface area (Å²) in [4.78, 5) is 12.6. The van der Waals surface area contributed by atoms with Crippen LogP contribution < -0.4 is 14.8 Å². The van der Waals surface area contributed by atoms with Crippen LogP contribution in [0.2, 0.25) is 15.1 Å². The Balaban J connectivity index is 1.76. The molecule has 0 aliphatic carbocycles. The fourth-order valence-electron chi connectivity index (χ4n) is 2.92. The van der Waals surface area contributed by atoms with Gasteiger partial charge in [-0.1, -0.05) is 59.1 Å². The predicted octanol–water partition coefficient (Wildman–Crippen LogP) is 6.96. The summed E-state index contributed by atoms with van der Waals surface area (Å²) in [7, 11) is 0. The molecule has 0 atom stereocenters. The van der Waals surface area contributed by atoms with E-state index in [0.29, 0.717) is 27.0 Å². The van der Waals surface area contributed by atoms with Crippen molar-refractivity contribution in [3.8, 4) is 17.6 Å². The van der Waals surface area contributed by atoms with Gasteiger partial charge in [0.05, 0.1) is 10.0 Å². The molecule has 168 valence electrons. The predicted molar refractivity (Wildman–Crippen MR) is 132 cm³/mol. The number of aryl methyl sites for hydroxylation is 1. The molecule has 0 spiro atoms. The molecule has 0 unspecified atom stereocenters. The van der Waals surface area contributed by atoms with Crippen LogP contribution in [0, 0.1) is 18.3 Å². The highest BCUT2D eigenvalue weighted by Gasteiger charge is 2.15. The minimum Gasteiger partial charge on any atom is -0.488 e. The lowest BCUT2D eigenvalue weighted by Crippen LogP contribution is -2.14. The van der Waals surface area contributed by atoms with Gasteiger partial charge in [0, 0.05) is 16.3 Å². The number of halogens is 3. The zero-order valence-electron chi connectivity index (χ0n) is 17.6. The van der Waals surface area contributed by atoms with E-state index in [1.165, 1.54) is 12.1 Å². The number of carbonyl (C=O) groups excluding carboxylic acids is 1. The van der Waals surface area contributed by atoms with Crippen LogP contribution in [-0.2, 0) is 4.79 Å². The topological polar surface area (TPSA) is 71.4 Å². The Morgan fingerprint density at radius 1 is 1.00 bits per heavy atom. The average molecular weight is 502 g/mol. The fourth-order valence-corrected chi connectivity index (χ4v) is 3.68. The van der Waals surface area contributed by atoms with Gasteiger partial charge >= 0.3 is 0 Å². The summed E-state index contributed by atoms with van der Waals surface area (Å²) in [6.07, 6.45) is 1.38. The number of para-hydroxylation sites is 1. The number of amides is 1. The zero-order valence-corrected chi connectivity index (χ0v) is 19.8. The molecule has 0 fully saturated rings. The molecule has 0 bridgehead atoms. The highest BCUT2D eigenvalue weighted by atomic mass is 35.5. The molecule has 5 nitrogen and oxygen atoms in total. The van der Waals surface area contributed by atoms with Gasteiger partial charge in [-0.15, -0.1) is 0 Å². The highest BCUT2D eigenvalue weighted by molar-refractivity contribution is 6.36. The Bertz CT molecular complexity index is 1240. The van der Waals surface area contributed by atoms with Crippen molar-refractivity contribution in [2.75, 3.05) is 18.5 Å². The SMILES string of the molecule is Cc1cccc(NC(=O)C(C#N)=Cc2cc(Cl)cc(Cl)c2OCCOc2ccccc2Cl)c1. The Kier molecular flexibility index (Phi) is 8.62. The van der Waals surface area contributed by atoms with Crippen LogP contribution in [0.1, 0.15) is 11.1 Å². The van der Waals surface area contributed by atoms with E-state index in [9.17, 15) is 10.1 Å². The Morgan fingerprint density at radius 3 is 2.48 bits per heavy atom. The Morgan fingerprint density at radius 2 is 1.76 bits per heavy atom. The van der Waals surface area contributed by atoms with Crippen molar-refractivity contribution in [3.05, 3.63) is 92.4 Å². The van der Waals surface area contributed by atoms with E-state index in [1.807, 2.05) is 31.2 Å². The van der Waals surface area contributed by atoms with Gasteiger partial charge in [0.15, 0.2) is 0 Å². The normalized spacial score (nSPS) is 10.9.